The van der Waals surface area contributed by atoms with Crippen LogP contribution in [0.3, 0.4) is 0 Å². The molecule has 0 heterocycles. The summed E-state index contributed by atoms with van der Waals surface area (Å²) in [5.74, 6) is -0.0369. The van der Waals surface area contributed by atoms with Gasteiger partial charge in [-0.1, -0.05) is 44.2 Å². The van der Waals surface area contributed by atoms with Gasteiger partial charge in [0, 0.05) is 11.4 Å². The predicted octanol–water partition coefficient (Wildman–Crippen LogP) is 3.86. The van der Waals surface area contributed by atoms with E-state index in [2.05, 4.69) is 30.5 Å². The number of rotatable bonds is 6. The Morgan fingerprint density at radius 2 is 1.67 bits per heavy atom. The van der Waals surface area contributed by atoms with E-state index in [9.17, 15) is 4.79 Å². The van der Waals surface area contributed by atoms with Crippen molar-refractivity contribution in [2.45, 2.75) is 26.7 Å². The molecule has 2 aromatic carbocycles. The van der Waals surface area contributed by atoms with Crippen LogP contribution in [-0.2, 0) is 17.6 Å². The standard InChI is InChI=1S/C18H22N2O/c1-3-14-9-11-16(12-10-14)20-18(21)13-19-17-8-6-5-7-15(17)4-2/h5-12,19H,3-4,13H2,1-2H3,(H,20,21). The van der Waals surface area contributed by atoms with Crippen LogP contribution in [0.25, 0.3) is 0 Å². The maximum atomic E-state index is 12.0. The van der Waals surface area contributed by atoms with Gasteiger partial charge in [0.2, 0.25) is 5.91 Å². The Balaban J connectivity index is 1.89. The molecule has 1 amide bonds. The van der Waals surface area contributed by atoms with E-state index in [1.54, 1.807) is 0 Å². The number of amides is 1. The van der Waals surface area contributed by atoms with Crippen molar-refractivity contribution >= 4 is 17.3 Å². The molecule has 0 aliphatic rings. The fraction of sp³-hybridized carbons (Fsp3) is 0.278. The fourth-order valence-electron chi connectivity index (χ4n) is 2.21. The van der Waals surface area contributed by atoms with Crippen LogP contribution in [0.2, 0.25) is 0 Å². The van der Waals surface area contributed by atoms with E-state index in [0.717, 1.165) is 24.2 Å². The smallest absolute Gasteiger partial charge is 0.243 e. The lowest BCUT2D eigenvalue weighted by Crippen LogP contribution is -2.22. The molecule has 0 saturated heterocycles. The number of hydrogen-bond donors (Lipinski definition) is 2. The van der Waals surface area contributed by atoms with Gasteiger partial charge < -0.3 is 10.6 Å². The molecule has 21 heavy (non-hydrogen) atoms. The van der Waals surface area contributed by atoms with Crippen molar-refractivity contribution in [1.82, 2.24) is 0 Å². The average Bonchev–Trinajstić information content (AvgIpc) is 2.54. The van der Waals surface area contributed by atoms with Crippen LogP contribution in [0, 0.1) is 0 Å². The summed E-state index contributed by atoms with van der Waals surface area (Å²) < 4.78 is 0. The average molecular weight is 282 g/mol. The van der Waals surface area contributed by atoms with Crippen molar-refractivity contribution in [3.8, 4) is 0 Å². The molecule has 0 aromatic heterocycles. The van der Waals surface area contributed by atoms with Crippen molar-refractivity contribution in [2.24, 2.45) is 0 Å². The first kappa shape index (κ1) is 15.1. The first-order chi connectivity index (χ1) is 10.2. The van der Waals surface area contributed by atoms with Crippen LogP contribution < -0.4 is 10.6 Å². The second-order valence-corrected chi connectivity index (χ2v) is 4.96. The number of benzene rings is 2. The molecule has 0 aliphatic carbocycles. The number of carbonyl (C=O) groups excluding carboxylic acids is 1. The molecule has 0 aliphatic heterocycles. The molecule has 0 spiro atoms. The van der Waals surface area contributed by atoms with Crippen LogP contribution in [0.5, 0.6) is 0 Å². The fourth-order valence-corrected chi connectivity index (χ4v) is 2.21. The van der Waals surface area contributed by atoms with E-state index >= 15 is 0 Å². The molecular weight excluding hydrogens is 260 g/mol. The highest BCUT2D eigenvalue weighted by molar-refractivity contribution is 5.93. The van der Waals surface area contributed by atoms with Crippen molar-refractivity contribution in [3.05, 3.63) is 59.7 Å². The molecular formula is C18H22N2O. The first-order valence-electron chi connectivity index (χ1n) is 7.43. The van der Waals surface area contributed by atoms with Gasteiger partial charge >= 0.3 is 0 Å². The summed E-state index contributed by atoms with van der Waals surface area (Å²) in [6.07, 6.45) is 1.95. The second kappa shape index (κ2) is 7.48. The van der Waals surface area contributed by atoms with Crippen LogP contribution in [-0.4, -0.2) is 12.5 Å². The number of carbonyl (C=O) groups is 1. The quantitative estimate of drug-likeness (QED) is 0.844. The lowest BCUT2D eigenvalue weighted by Gasteiger charge is -2.11. The van der Waals surface area contributed by atoms with Gasteiger partial charge in [-0.3, -0.25) is 4.79 Å². The Morgan fingerprint density at radius 1 is 0.952 bits per heavy atom. The van der Waals surface area contributed by atoms with Crippen molar-refractivity contribution in [3.63, 3.8) is 0 Å². The van der Waals surface area contributed by atoms with Gasteiger partial charge in [0.05, 0.1) is 6.54 Å². The highest BCUT2D eigenvalue weighted by Gasteiger charge is 2.04. The molecule has 0 radical (unpaired) electrons. The highest BCUT2D eigenvalue weighted by atomic mass is 16.1. The van der Waals surface area contributed by atoms with Crippen LogP contribution in [0.4, 0.5) is 11.4 Å². The molecule has 0 atom stereocenters. The molecule has 3 nitrogen and oxygen atoms in total. The Bertz CT molecular complexity index is 590. The number of hydrogen-bond acceptors (Lipinski definition) is 2. The minimum absolute atomic E-state index is 0.0369. The third kappa shape index (κ3) is 4.35. The maximum Gasteiger partial charge on any atom is 0.243 e. The molecule has 0 unspecified atom stereocenters. The van der Waals surface area contributed by atoms with Gasteiger partial charge in [0.15, 0.2) is 0 Å². The lowest BCUT2D eigenvalue weighted by molar-refractivity contribution is -0.114. The zero-order chi connectivity index (χ0) is 15.1. The Kier molecular flexibility index (Phi) is 5.38. The summed E-state index contributed by atoms with van der Waals surface area (Å²) in [6.45, 7) is 4.49. The van der Waals surface area contributed by atoms with E-state index in [1.165, 1.54) is 11.1 Å². The number of anilines is 2. The third-order valence-corrected chi connectivity index (χ3v) is 3.48. The molecule has 2 rings (SSSR count). The minimum atomic E-state index is -0.0369. The van der Waals surface area contributed by atoms with Gasteiger partial charge in [0.25, 0.3) is 0 Å². The lowest BCUT2D eigenvalue weighted by atomic mass is 10.1. The molecule has 0 bridgehead atoms. The Labute approximate surface area is 126 Å². The normalized spacial score (nSPS) is 10.2. The second-order valence-electron chi connectivity index (χ2n) is 4.96. The van der Waals surface area contributed by atoms with E-state index < -0.39 is 0 Å². The number of nitrogens with one attached hydrogen (secondary N) is 2. The highest BCUT2D eigenvalue weighted by Crippen LogP contribution is 2.15. The van der Waals surface area contributed by atoms with Crippen molar-refractivity contribution < 1.29 is 4.79 Å². The van der Waals surface area contributed by atoms with Gasteiger partial charge in [-0.25, -0.2) is 0 Å². The Hall–Kier alpha value is -2.29. The van der Waals surface area contributed by atoms with Crippen LogP contribution in [0.15, 0.2) is 48.5 Å². The van der Waals surface area contributed by atoms with Crippen molar-refractivity contribution in [1.29, 1.82) is 0 Å². The first-order valence-corrected chi connectivity index (χ1v) is 7.43. The summed E-state index contributed by atoms with van der Waals surface area (Å²) >= 11 is 0. The number of aryl methyl sites for hydroxylation is 2. The largest absolute Gasteiger partial charge is 0.376 e. The molecule has 2 aromatic rings. The van der Waals surface area contributed by atoms with E-state index in [0.29, 0.717) is 0 Å². The minimum Gasteiger partial charge on any atom is -0.376 e. The third-order valence-electron chi connectivity index (χ3n) is 3.48. The van der Waals surface area contributed by atoms with Crippen LogP contribution in [0.1, 0.15) is 25.0 Å². The SMILES string of the molecule is CCc1ccc(NC(=O)CNc2ccccc2CC)cc1. The summed E-state index contributed by atoms with van der Waals surface area (Å²) in [4.78, 5) is 12.0. The van der Waals surface area contributed by atoms with Gasteiger partial charge in [-0.05, 0) is 42.2 Å². The summed E-state index contributed by atoms with van der Waals surface area (Å²) in [5.41, 5.74) is 4.35. The van der Waals surface area contributed by atoms with Gasteiger partial charge in [-0.15, -0.1) is 0 Å². The molecule has 0 saturated carbocycles. The summed E-state index contributed by atoms with van der Waals surface area (Å²) in [6, 6.07) is 16.0. The molecule has 0 fully saturated rings. The van der Waals surface area contributed by atoms with E-state index in [1.807, 2.05) is 42.5 Å². The zero-order valence-electron chi connectivity index (χ0n) is 12.6. The maximum absolute atomic E-state index is 12.0. The van der Waals surface area contributed by atoms with E-state index in [4.69, 9.17) is 0 Å². The Morgan fingerprint density at radius 3 is 2.33 bits per heavy atom. The van der Waals surface area contributed by atoms with Crippen LogP contribution >= 0.6 is 0 Å². The van der Waals surface area contributed by atoms with Gasteiger partial charge in [-0.2, -0.15) is 0 Å². The monoisotopic (exact) mass is 282 g/mol. The summed E-state index contributed by atoms with van der Waals surface area (Å²) in [7, 11) is 0. The topological polar surface area (TPSA) is 41.1 Å². The van der Waals surface area contributed by atoms with Crippen molar-refractivity contribution in [2.75, 3.05) is 17.2 Å². The molecule has 2 N–H and O–H groups in total. The van der Waals surface area contributed by atoms with Gasteiger partial charge in [0.1, 0.15) is 0 Å². The molecule has 110 valence electrons. The summed E-state index contributed by atoms with van der Waals surface area (Å²) in [5, 5.41) is 6.09. The zero-order valence-corrected chi connectivity index (χ0v) is 12.6. The van der Waals surface area contributed by atoms with E-state index in [-0.39, 0.29) is 12.5 Å². The predicted molar refractivity (Wildman–Crippen MR) is 88.8 cm³/mol. The number of para-hydroxylation sites is 1. The molecule has 3 heteroatoms.